The van der Waals surface area contributed by atoms with Crippen LogP contribution in [0.5, 0.6) is 0 Å². The van der Waals surface area contributed by atoms with Gasteiger partial charge in [0, 0.05) is 23.2 Å². The summed E-state index contributed by atoms with van der Waals surface area (Å²) in [4.78, 5) is 24.4. The number of aliphatic hydroxyl groups is 3. The molecule has 0 aromatic heterocycles. The maximum Gasteiger partial charge on any atom is 0.190 e. The second kappa shape index (κ2) is 5.96. The smallest absolute Gasteiger partial charge is 0.190 e. The van der Waals surface area contributed by atoms with E-state index in [2.05, 4.69) is 0 Å². The predicted octanol–water partition coefficient (Wildman–Crippen LogP) is 2.12. The van der Waals surface area contributed by atoms with Crippen LogP contribution in [0.1, 0.15) is 59.3 Å². The molecule has 0 bridgehead atoms. The molecule has 0 heterocycles. The normalized spacial score (nSPS) is 53.1. The molecule has 3 fully saturated rings. The molecule has 4 aliphatic rings. The molecule has 6 heteroatoms. The molecular formula is C22H31FO5. The molecule has 4 aliphatic carbocycles. The molecule has 0 aromatic carbocycles. The Balaban J connectivity index is 1.83. The highest BCUT2D eigenvalue weighted by molar-refractivity contribution is 5.92. The average molecular weight is 394 g/mol. The van der Waals surface area contributed by atoms with Gasteiger partial charge in [-0.15, -0.1) is 0 Å². The first kappa shape index (κ1) is 20.2. The Hall–Kier alpha value is -1.11. The average Bonchev–Trinajstić information content (AvgIpc) is 2.91. The summed E-state index contributed by atoms with van der Waals surface area (Å²) < 4.78 is 17.0. The van der Waals surface area contributed by atoms with Crippen LogP contribution in [0.25, 0.3) is 0 Å². The van der Waals surface area contributed by atoms with Crippen LogP contribution in [0, 0.1) is 28.6 Å². The van der Waals surface area contributed by atoms with E-state index in [9.17, 15) is 24.9 Å². The van der Waals surface area contributed by atoms with Crippen molar-refractivity contribution in [3.05, 3.63) is 11.6 Å². The minimum Gasteiger partial charge on any atom is -0.390 e. The van der Waals surface area contributed by atoms with E-state index in [1.165, 1.54) is 0 Å². The zero-order chi connectivity index (χ0) is 20.7. The van der Waals surface area contributed by atoms with Crippen molar-refractivity contribution >= 4 is 11.6 Å². The number of fused-ring (bicyclic) bond motifs is 5. The van der Waals surface area contributed by atoms with Gasteiger partial charge in [0.15, 0.2) is 11.6 Å². The third kappa shape index (κ3) is 2.12. The summed E-state index contributed by atoms with van der Waals surface area (Å²) in [6.07, 6.45) is 2.00. The van der Waals surface area contributed by atoms with Crippen LogP contribution >= 0.6 is 0 Å². The maximum absolute atomic E-state index is 17.0. The number of ketones is 2. The van der Waals surface area contributed by atoms with Crippen molar-refractivity contribution in [1.82, 2.24) is 0 Å². The van der Waals surface area contributed by atoms with Crippen LogP contribution in [0.2, 0.25) is 0 Å². The van der Waals surface area contributed by atoms with E-state index in [0.717, 1.165) is 5.57 Å². The number of allylic oxidation sites excluding steroid dienone is 1. The first-order chi connectivity index (χ1) is 13.0. The van der Waals surface area contributed by atoms with E-state index < -0.39 is 46.5 Å². The van der Waals surface area contributed by atoms with Gasteiger partial charge in [-0.2, -0.15) is 0 Å². The molecule has 28 heavy (non-hydrogen) atoms. The number of aliphatic hydroxyl groups excluding tert-OH is 2. The van der Waals surface area contributed by atoms with E-state index in [-0.39, 0.29) is 36.9 Å². The van der Waals surface area contributed by atoms with E-state index >= 15 is 4.39 Å². The Morgan fingerprint density at radius 3 is 2.61 bits per heavy atom. The second-order valence-electron chi connectivity index (χ2n) is 10.1. The lowest BCUT2D eigenvalue weighted by molar-refractivity contribution is -0.230. The molecule has 0 radical (unpaired) electrons. The number of hydrogen-bond acceptors (Lipinski definition) is 5. The fourth-order valence-corrected chi connectivity index (χ4v) is 7.56. The van der Waals surface area contributed by atoms with Gasteiger partial charge in [0.05, 0.1) is 6.10 Å². The molecule has 4 rings (SSSR count). The van der Waals surface area contributed by atoms with E-state index in [0.29, 0.717) is 19.3 Å². The monoisotopic (exact) mass is 394 g/mol. The maximum atomic E-state index is 17.0. The molecule has 156 valence electrons. The molecule has 3 saturated carbocycles. The number of carbonyl (C=O) groups excluding carboxylic acids is 2. The molecule has 0 aliphatic heterocycles. The van der Waals surface area contributed by atoms with Crippen LogP contribution in [0.4, 0.5) is 4.39 Å². The van der Waals surface area contributed by atoms with Gasteiger partial charge >= 0.3 is 0 Å². The molecule has 3 N–H and O–H groups in total. The number of alkyl halides is 1. The minimum atomic E-state index is -1.90. The third-order valence-corrected chi connectivity index (χ3v) is 9.12. The van der Waals surface area contributed by atoms with E-state index in [1.54, 1.807) is 13.0 Å². The van der Waals surface area contributed by atoms with Crippen LogP contribution in [0.3, 0.4) is 0 Å². The lowest BCUT2D eigenvalue weighted by Crippen LogP contribution is -2.70. The summed E-state index contributed by atoms with van der Waals surface area (Å²) in [6, 6.07) is 0. The predicted molar refractivity (Wildman–Crippen MR) is 100 cm³/mol. The summed E-state index contributed by atoms with van der Waals surface area (Å²) in [5.41, 5.74) is -4.74. The van der Waals surface area contributed by atoms with Crippen LogP contribution in [0.15, 0.2) is 11.6 Å². The van der Waals surface area contributed by atoms with E-state index in [1.807, 2.05) is 13.8 Å². The van der Waals surface area contributed by atoms with Crippen molar-refractivity contribution in [2.24, 2.45) is 28.6 Å². The second-order valence-corrected chi connectivity index (χ2v) is 10.1. The Morgan fingerprint density at radius 1 is 1.29 bits per heavy atom. The molecule has 0 amide bonds. The molecule has 0 spiro atoms. The standard InChI is InChI=1S/C22H31FO5/c1-12-8-16-14-5-7-21(28,18(27)11-24)20(14,3)10-17(26)22(16,23)19(2)6-4-13(25)9-15(12)19/h9,12,14,16-17,24,26,28H,4-8,10-11H2,1-3H3/t12-,14-,16-,17-,19-,20-,21-,22-/m0/s1. The summed E-state index contributed by atoms with van der Waals surface area (Å²) in [7, 11) is 0. The van der Waals surface area contributed by atoms with Crippen LogP contribution in [-0.4, -0.2) is 50.9 Å². The zero-order valence-corrected chi connectivity index (χ0v) is 16.9. The summed E-state index contributed by atoms with van der Waals surface area (Å²) in [6.45, 7) is 4.84. The first-order valence-electron chi connectivity index (χ1n) is 10.4. The third-order valence-electron chi connectivity index (χ3n) is 9.12. The van der Waals surface area contributed by atoms with Gasteiger partial charge in [0.25, 0.3) is 0 Å². The van der Waals surface area contributed by atoms with Crippen molar-refractivity contribution < 1.29 is 29.3 Å². The highest BCUT2D eigenvalue weighted by atomic mass is 19.1. The number of carbonyl (C=O) groups is 2. The van der Waals surface area contributed by atoms with Crippen molar-refractivity contribution in [2.45, 2.75) is 76.7 Å². The van der Waals surface area contributed by atoms with Crippen molar-refractivity contribution in [1.29, 1.82) is 0 Å². The number of hydrogen-bond donors (Lipinski definition) is 3. The van der Waals surface area contributed by atoms with Crippen molar-refractivity contribution in [3.8, 4) is 0 Å². The number of halogens is 1. The van der Waals surface area contributed by atoms with E-state index in [4.69, 9.17) is 0 Å². The molecule has 8 atom stereocenters. The van der Waals surface area contributed by atoms with Gasteiger partial charge in [-0.25, -0.2) is 4.39 Å². The summed E-state index contributed by atoms with van der Waals surface area (Å²) in [5, 5.41) is 31.7. The topological polar surface area (TPSA) is 94.8 Å². The molecular weight excluding hydrogens is 363 g/mol. The molecule has 0 unspecified atom stereocenters. The Morgan fingerprint density at radius 2 is 1.96 bits per heavy atom. The van der Waals surface area contributed by atoms with Gasteiger partial charge in [0.2, 0.25) is 0 Å². The Bertz CT molecular complexity index is 764. The first-order valence-corrected chi connectivity index (χ1v) is 10.4. The zero-order valence-electron chi connectivity index (χ0n) is 16.9. The SMILES string of the molecule is C[C@H]1C[C@H]2[C@@H]3CC[C@](O)(C(=O)CO)[C@@]3(C)C[C@H](O)[C@]2(F)[C@@]2(C)CCC(=O)C=C12. The number of Topliss-reactive ketones (excluding diaryl/α,β-unsaturated/α-hetero) is 1. The van der Waals surface area contributed by atoms with Gasteiger partial charge in [-0.05, 0) is 50.0 Å². The van der Waals surface area contributed by atoms with Gasteiger partial charge in [-0.3, -0.25) is 9.59 Å². The largest absolute Gasteiger partial charge is 0.390 e. The van der Waals surface area contributed by atoms with Gasteiger partial charge in [-0.1, -0.05) is 26.3 Å². The quantitative estimate of drug-likeness (QED) is 0.667. The van der Waals surface area contributed by atoms with Crippen LogP contribution in [-0.2, 0) is 9.59 Å². The molecule has 0 saturated heterocycles. The van der Waals surface area contributed by atoms with Crippen molar-refractivity contribution in [2.75, 3.05) is 6.61 Å². The highest BCUT2D eigenvalue weighted by Gasteiger charge is 2.74. The lowest BCUT2D eigenvalue weighted by Gasteiger charge is -2.64. The Labute approximate surface area is 165 Å². The van der Waals surface area contributed by atoms with Crippen LogP contribution < -0.4 is 0 Å². The van der Waals surface area contributed by atoms with Gasteiger partial charge in [0.1, 0.15) is 17.9 Å². The number of rotatable bonds is 2. The van der Waals surface area contributed by atoms with Gasteiger partial charge < -0.3 is 15.3 Å². The lowest BCUT2D eigenvalue weighted by atomic mass is 9.42. The fourth-order valence-electron chi connectivity index (χ4n) is 7.56. The fraction of sp³-hybridized carbons (Fsp3) is 0.818. The summed E-state index contributed by atoms with van der Waals surface area (Å²) >= 11 is 0. The highest BCUT2D eigenvalue weighted by Crippen LogP contribution is 2.71. The Kier molecular flexibility index (Phi) is 4.29. The summed E-state index contributed by atoms with van der Waals surface area (Å²) in [5.74, 6) is -1.40. The van der Waals surface area contributed by atoms with Crippen molar-refractivity contribution in [3.63, 3.8) is 0 Å². The molecule has 0 aromatic rings. The minimum absolute atomic E-state index is 0.0000822. The molecule has 5 nitrogen and oxygen atoms in total.